The molecule has 8 heteroatoms. The van der Waals surface area contributed by atoms with Gasteiger partial charge in [-0.2, -0.15) is 0 Å². The van der Waals surface area contributed by atoms with Crippen molar-refractivity contribution in [1.29, 1.82) is 0 Å². The fourth-order valence-corrected chi connectivity index (χ4v) is 4.53. The highest BCUT2D eigenvalue weighted by Crippen LogP contribution is 2.41. The second-order valence-electron chi connectivity index (χ2n) is 6.82. The number of rotatable bonds is 2. The van der Waals surface area contributed by atoms with Crippen LogP contribution in [0.25, 0.3) is 0 Å². The molecule has 2 aliphatic rings. The zero-order valence-corrected chi connectivity index (χ0v) is 16.6. The molecular formula is C19H19ClN4O2S. The maximum absolute atomic E-state index is 12.7. The minimum atomic E-state index is -0.487. The lowest BCUT2D eigenvalue weighted by molar-refractivity contribution is 0.0634. The van der Waals surface area contributed by atoms with Crippen molar-refractivity contribution in [3.63, 3.8) is 0 Å². The van der Waals surface area contributed by atoms with Crippen LogP contribution in [0.5, 0.6) is 0 Å². The minimum absolute atomic E-state index is 0.217. The summed E-state index contributed by atoms with van der Waals surface area (Å²) in [7, 11) is 0. The molecule has 3 heterocycles. The van der Waals surface area contributed by atoms with Gasteiger partial charge in [0.1, 0.15) is 11.2 Å². The lowest BCUT2D eigenvalue weighted by atomic mass is 9.87. The highest BCUT2D eigenvalue weighted by atomic mass is 35.5. The molecule has 6 nitrogen and oxygen atoms in total. The quantitative estimate of drug-likeness (QED) is 0.803. The number of hydrogen-bond acceptors (Lipinski definition) is 6. The van der Waals surface area contributed by atoms with E-state index >= 15 is 0 Å². The highest BCUT2D eigenvalue weighted by Gasteiger charge is 2.41. The normalized spacial score (nSPS) is 21.1. The first-order chi connectivity index (χ1) is 12.9. The number of carbonyl (C=O) groups excluding carboxylic acids is 1. The smallest absolute Gasteiger partial charge is 0.275 e. The van der Waals surface area contributed by atoms with Gasteiger partial charge in [-0.1, -0.05) is 29.4 Å². The van der Waals surface area contributed by atoms with Gasteiger partial charge in [0.15, 0.2) is 5.17 Å². The summed E-state index contributed by atoms with van der Waals surface area (Å²) in [4.78, 5) is 21.5. The Balaban J connectivity index is 1.66. The summed E-state index contributed by atoms with van der Waals surface area (Å²) in [5, 5.41) is 3.84. The average Bonchev–Trinajstić information content (AvgIpc) is 3.02. The number of aryl methyl sites for hydroxylation is 1. The second-order valence-corrected chi connectivity index (χ2v) is 8.19. The molecular weight excluding hydrogens is 384 g/mol. The molecule has 0 saturated heterocycles. The molecule has 1 aromatic heterocycles. The zero-order valence-electron chi connectivity index (χ0n) is 15.0. The van der Waals surface area contributed by atoms with Crippen molar-refractivity contribution in [1.82, 2.24) is 4.98 Å². The van der Waals surface area contributed by atoms with Crippen molar-refractivity contribution in [2.24, 2.45) is 10.7 Å². The molecule has 4 rings (SSSR count). The van der Waals surface area contributed by atoms with Crippen molar-refractivity contribution in [3.05, 3.63) is 57.4 Å². The molecule has 0 bridgehead atoms. The van der Waals surface area contributed by atoms with Gasteiger partial charge in [0.05, 0.1) is 18.2 Å². The van der Waals surface area contributed by atoms with E-state index in [0.29, 0.717) is 29.1 Å². The first-order valence-electron chi connectivity index (χ1n) is 8.52. The molecule has 0 radical (unpaired) electrons. The molecule has 1 amide bonds. The average molecular weight is 403 g/mol. The van der Waals surface area contributed by atoms with Gasteiger partial charge in [0.2, 0.25) is 0 Å². The number of halogens is 1. The number of ether oxygens (including phenoxy) is 1. The number of carbonyl (C=O) groups is 1. The first kappa shape index (κ1) is 18.3. The van der Waals surface area contributed by atoms with Crippen molar-refractivity contribution in [2.45, 2.75) is 26.0 Å². The third-order valence-electron chi connectivity index (χ3n) is 4.98. The number of amides is 1. The molecule has 0 aliphatic carbocycles. The van der Waals surface area contributed by atoms with E-state index in [9.17, 15) is 4.79 Å². The van der Waals surface area contributed by atoms with Crippen LogP contribution in [0.15, 0.2) is 29.4 Å². The van der Waals surface area contributed by atoms with Gasteiger partial charge in [-0.05, 0) is 48.2 Å². The largest absolute Gasteiger partial charge is 0.379 e. The van der Waals surface area contributed by atoms with E-state index < -0.39 is 5.54 Å². The Kier molecular flexibility index (Phi) is 4.61. The number of thioether (sulfide) groups is 1. The Labute approximate surface area is 166 Å². The summed E-state index contributed by atoms with van der Waals surface area (Å²) in [6, 6.07) is 5.76. The molecule has 1 atom stereocenters. The maximum Gasteiger partial charge on any atom is 0.275 e. The van der Waals surface area contributed by atoms with E-state index in [-0.39, 0.29) is 11.6 Å². The van der Waals surface area contributed by atoms with Crippen molar-refractivity contribution < 1.29 is 9.53 Å². The second kappa shape index (κ2) is 6.82. The van der Waals surface area contributed by atoms with E-state index in [1.54, 1.807) is 6.20 Å². The minimum Gasteiger partial charge on any atom is -0.379 e. The number of fused-ring (bicyclic) bond motifs is 2. The standard InChI is InChI=1S/C19H19ClN4O2S/c1-10-6-22-16(15(20)11(10)2)17(25)23-13-4-3-12-7-26-8-19(14(12)5-13)9-27-18(21)24-19/h3-6H,7-9H2,1-2H3,(H2,21,24)(H,23,25). The van der Waals surface area contributed by atoms with E-state index in [1.165, 1.54) is 11.8 Å². The third-order valence-corrected chi connectivity index (χ3v) is 6.45. The number of amidine groups is 1. The molecule has 3 N–H and O–H groups in total. The summed E-state index contributed by atoms with van der Waals surface area (Å²) < 4.78 is 5.72. The fourth-order valence-electron chi connectivity index (χ4n) is 3.32. The number of pyridine rings is 1. The summed E-state index contributed by atoms with van der Waals surface area (Å²) in [6.07, 6.45) is 1.66. The van der Waals surface area contributed by atoms with Crippen LogP contribution in [0.3, 0.4) is 0 Å². The molecule has 2 aromatic rings. The van der Waals surface area contributed by atoms with Crippen LogP contribution in [0.4, 0.5) is 5.69 Å². The van der Waals surface area contributed by atoms with Gasteiger partial charge in [-0.15, -0.1) is 0 Å². The number of anilines is 1. The van der Waals surface area contributed by atoms with Crippen LogP contribution in [-0.2, 0) is 16.9 Å². The number of benzene rings is 1. The summed E-state index contributed by atoms with van der Waals surface area (Å²) >= 11 is 7.84. The molecule has 1 aromatic carbocycles. The summed E-state index contributed by atoms with van der Waals surface area (Å²) in [5.74, 6) is 0.390. The van der Waals surface area contributed by atoms with Crippen LogP contribution >= 0.6 is 23.4 Å². The van der Waals surface area contributed by atoms with Gasteiger partial charge in [-0.3, -0.25) is 4.79 Å². The Morgan fingerprint density at radius 2 is 2.22 bits per heavy atom. The molecule has 140 valence electrons. The van der Waals surface area contributed by atoms with Crippen LogP contribution in [0.1, 0.15) is 32.7 Å². The van der Waals surface area contributed by atoms with E-state index in [1.807, 2.05) is 32.0 Å². The molecule has 2 aliphatic heterocycles. The fraction of sp³-hybridized carbons (Fsp3) is 0.316. The highest BCUT2D eigenvalue weighted by molar-refractivity contribution is 8.14. The Morgan fingerprint density at radius 3 is 2.96 bits per heavy atom. The van der Waals surface area contributed by atoms with E-state index in [0.717, 1.165) is 28.0 Å². The topological polar surface area (TPSA) is 89.6 Å². The van der Waals surface area contributed by atoms with Crippen molar-refractivity contribution in [3.8, 4) is 0 Å². The number of nitrogens with zero attached hydrogens (tertiary/aromatic N) is 2. The Hall–Kier alpha value is -2.09. The SMILES string of the molecule is Cc1cnc(C(=O)Nc2ccc3c(c2)C2(COC3)CSC(N)=N2)c(Cl)c1C. The predicted octanol–water partition coefficient (Wildman–Crippen LogP) is 3.39. The number of aromatic nitrogens is 1. The lowest BCUT2D eigenvalue weighted by Crippen LogP contribution is -2.35. The number of aliphatic imine (C=N–C) groups is 1. The van der Waals surface area contributed by atoms with Crippen LogP contribution in [0, 0.1) is 13.8 Å². The molecule has 27 heavy (non-hydrogen) atoms. The van der Waals surface area contributed by atoms with Gasteiger partial charge in [-0.25, -0.2) is 9.98 Å². The van der Waals surface area contributed by atoms with Gasteiger partial charge in [0, 0.05) is 17.6 Å². The maximum atomic E-state index is 12.7. The summed E-state index contributed by atoms with van der Waals surface area (Å²) in [5.41, 5.74) is 10.2. The Bertz CT molecular complexity index is 978. The van der Waals surface area contributed by atoms with Gasteiger partial charge < -0.3 is 15.8 Å². The lowest BCUT2D eigenvalue weighted by Gasteiger charge is -2.32. The van der Waals surface area contributed by atoms with E-state index in [2.05, 4.69) is 15.3 Å². The number of nitrogens with two attached hydrogens (primary N) is 1. The van der Waals surface area contributed by atoms with Crippen LogP contribution < -0.4 is 11.1 Å². The summed E-state index contributed by atoms with van der Waals surface area (Å²) in [6.45, 7) is 4.79. The van der Waals surface area contributed by atoms with Gasteiger partial charge >= 0.3 is 0 Å². The van der Waals surface area contributed by atoms with E-state index in [4.69, 9.17) is 22.1 Å². The molecule has 1 spiro atoms. The van der Waals surface area contributed by atoms with Crippen LogP contribution in [0.2, 0.25) is 5.02 Å². The van der Waals surface area contributed by atoms with Crippen molar-refractivity contribution >= 4 is 40.1 Å². The number of nitrogens with one attached hydrogen (secondary N) is 1. The van der Waals surface area contributed by atoms with Crippen molar-refractivity contribution in [2.75, 3.05) is 17.7 Å². The monoisotopic (exact) mass is 402 g/mol. The first-order valence-corrected chi connectivity index (χ1v) is 9.88. The van der Waals surface area contributed by atoms with Gasteiger partial charge in [0.25, 0.3) is 5.91 Å². The molecule has 0 saturated carbocycles. The predicted molar refractivity (Wildman–Crippen MR) is 109 cm³/mol. The Morgan fingerprint density at radius 1 is 1.41 bits per heavy atom. The number of hydrogen-bond donors (Lipinski definition) is 2. The molecule has 0 fully saturated rings. The molecule has 1 unspecified atom stereocenters. The van der Waals surface area contributed by atoms with Crippen LogP contribution in [-0.4, -0.2) is 28.4 Å². The third kappa shape index (κ3) is 3.20. The zero-order chi connectivity index (χ0) is 19.2.